The lowest BCUT2D eigenvalue weighted by atomic mass is 10.1. The van der Waals surface area contributed by atoms with Crippen molar-refractivity contribution >= 4 is 35.6 Å². The summed E-state index contributed by atoms with van der Waals surface area (Å²) in [4.78, 5) is 2.31. The second-order valence-electron chi connectivity index (χ2n) is 4.15. The van der Waals surface area contributed by atoms with Crippen LogP contribution in [0.25, 0.3) is 0 Å². The van der Waals surface area contributed by atoms with Gasteiger partial charge in [0.2, 0.25) is 0 Å². The smallest absolute Gasteiger partial charge is 0.142 e. The summed E-state index contributed by atoms with van der Waals surface area (Å²) in [6, 6.07) is 4.78. The molecule has 1 aromatic rings. The number of nitrogens with zero attached hydrogens (tertiary/aromatic N) is 1. The van der Waals surface area contributed by atoms with Crippen molar-refractivity contribution < 1.29 is 4.39 Å². The van der Waals surface area contributed by atoms with Crippen LogP contribution in [0.5, 0.6) is 0 Å². The number of alkyl halides is 1. The molecule has 0 N–H and O–H groups in total. The molecular weight excluding hydrogens is 283 g/mol. The Morgan fingerprint density at radius 1 is 1.29 bits per heavy atom. The number of benzene rings is 1. The molecule has 1 unspecified atom stereocenters. The molecule has 1 nitrogen and oxygen atoms in total. The van der Waals surface area contributed by atoms with Gasteiger partial charge in [-0.25, -0.2) is 4.39 Å². The number of hydrogen-bond acceptors (Lipinski definition) is 1. The molecule has 1 aromatic carbocycles. The summed E-state index contributed by atoms with van der Waals surface area (Å²) in [6.45, 7) is 2.97. The first-order chi connectivity index (χ1) is 7.66. The molecule has 1 saturated heterocycles. The molecule has 0 radical (unpaired) electrons. The fraction of sp³-hybridized carbons (Fsp3) is 0.500. The fourth-order valence-electron chi connectivity index (χ4n) is 2.00. The summed E-state index contributed by atoms with van der Waals surface area (Å²) in [5, 5.41) is -0.0151. The minimum absolute atomic E-state index is 0. The van der Waals surface area contributed by atoms with E-state index < -0.39 is 5.82 Å². The van der Waals surface area contributed by atoms with Crippen LogP contribution in [0, 0.1) is 5.82 Å². The lowest BCUT2D eigenvalue weighted by Gasteiger charge is -2.19. The molecule has 1 aliphatic rings. The van der Waals surface area contributed by atoms with E-state index in [0.29, 0.717) is 0 Å². The summed E-state index contributed by atoms with van der Waals surface area (Å²) >= 11 is 11.9. The monoisotopic (exact) mass is 297 g/mol. The Morgan fingerprint density at radius 3 is 2.53 bits per heavy atom. The molecule has 0 aromatic heterocycles. The van der Waals surface area contributed by atoms with Crippen molar-refractivity contribution in [2.75, 3.05) is 19.6 Å². The van der Waals surface area contributed by atoms with Crippen LogP contribution >= 0.6 is 35.6 Å². The van der Waals surface area contributed by atoms with E-state index in [0.717, 1.165) is 25.2 Å². The number of likely N-dealkylation sites (tertiary alicyclic amines) is 1. The number of halogens is 4. The molecule has 5 heteroatoms. The maximum Gasteiger partial charge on any atom is 0.142 e. The topological polar surface area (TPSA) is 3.24 Å². The zero-order chi connectivity index (χ0) is 11.5. The van der Waals surface area contributed by atoms with E-state index in [1.807, 2.05) is 0 Å². The van der Waals surface area contributed by atoms with Gasteiger partial charge in [-0.3, -0.25) is 0 Å². The third-order valence-corrected chi connectivity index (χ3v) is 3.62. The summed E-state index contributed by atoms with van der Waals surface area (Å²) in [6.07, 6.45) is 2.47. The SMILES string of the molecule is Cl.Fc1cc(C(Cl)CN2CCCC2)ccc1Cl. The first kappa shape index (κ1) is 15.0. The van der Waals surface area contributed by atoms with Gasteiger partial charge in [0, 0.05) is 6.54 Å². The van der Waals surface area contributed by atoms with Gasteiger partial charge in [0.1, 0.15) is 5.82 Å². The van der Waals surface area contributed by atoms with Crippen LogP contribution in [0.15, 0.2) is 18.2 Å². The van der Waals surface area contributed by atoms with E-state index in [9.17, 15) is 4.39 Å². The van der Waals surface area contributed by atoms with Gasteiger partial charge < -0.3 is 4.90 Å². The van der Waals surface area contributed by atoms with E-state index in [2.05, 4.69) is 4.90 Å². The maximum atomic E-state index is 13.2. The van der Waals surface area contributed by atoms with Crippen LogP contribution in [-0.4, -0.2) is 24.5 Å². The summed E-state index contributed by atoms with van der Waals surface area (Å²) in [7, 11) is 0. The van der Waals surface area contributed by atoms with E-state index in [4.69, 9.17) is 23.2 Å². The highest BCUT2D eigenvalue weighted by Gasteiger charge is 2.17. The highest BCUT2D eigenvalue weighted by Crippen LogP contribution is 2.26. The van der Waals surface area contributed by atoms with Gasteiger partial charge >= 0.3 is 0 Å². The Hall–Kier alpha value is -0.0200. The molecule has 0 aliphatic carbocycles. The highest BCUT2D eigenvalue weighted by atomic mass is 35.5. The van der Waals surface area contributed by atoms with Crippen molar-refractivity contribution in [3.63, 3.8) is 0 Å². The molecule has 1 fully saturated rings. The first-order valence-corrected chi connectivity index (χ1v) is 6.29. The summed E-state index contributed by atoms with van der Waals surface area (Å²) < 4.78 is 13.2. The van der Waals surface area contributed by atoms with Gasteiger partial charge in [-0.05, 0) is 43.6 Å². The Bertz CT molecular complexity index is 367. The first-order valence-electron chi connectivity index (χ1n) is 5.48. The molecular formula is C12H15Cl3FN. The predicted octanol–water partition coefficient (Wildman–Crippen LogP) is 4.28. The molecule has 2 rings (SSSR count). The average Bonchev–Trinajstić information content (AvgIpc) is 2.74. The fourth-order valence-corrected chi connectivity index (χ4v) is 2.45. The third-order valence-electron chi connectivity index (χ3n) is 2.92. The highest BCUT2D eigenvalue weighted by molar-refractivity contribution is 6.30. The van der Waals surface area contributed by atoms with E-state index >= 15 is 0 Å². The molecule has 1 heterocycles. The van der Waals surface area contributed by atoms with Gasteiger partial charge in [-0.2, -0.15) is 0 Å². The minimum atomic E-state index is -0.397. The van der Waals surface area contributed by atoms with Gasteiger partial charge in [-0.15, -0.1) is 24.0 Å². The summed E-state index contributed by atoms with van der Waals surface area (Å²) in [5.41, 5.74) is 0.801. The lowest BCUT2D eigenvalue weighted by molar-refractivity contribution is 0.339. The molecule has 0 amide bonds. The van der Waals surface area contributed by atoms with E-state index in [1.54, 1.807) is 12.1 Å². The lowest BCUT2D eigenvalue weighted by Crippen LogP contribution is -2.23. The van der Waals surface area contributed by atoms with Crippen LogP contribution in [0.4, 0.5) is 4.39 Å². The standard InChI is InChI=1S/C12H14Cl2FN.ClH/c13-10-4-3-9(7-12(10)15)11(14)8-16-5-1-2-6-16;/h3-4,7,11H,1-2,5-6,8H2;1H. The van der Waals surface area contributed by atoms with Gasteiger partial charge in [0.15, 0.2) is 0 Å². The largest absolute Gasteiger partial charge is 0.302 e. The molecule has 0 saturated carbocycles. The molecule has 0 spiro atoms. The van der Waals surface area contributed by atoms with Crippen molar-refractivity contribution in [3.8, 4) is 0 Å². The zero-order valence-corrected chi connectivity index (χ0v) is 11.7. The van der Waals surface area contributed by atoms with Gasteiger partial charge in [0.05, 0.1) is 10.4 Å². The Kier molecular flexibility index (Phi) is 6.01. The maximum absolute atomic E-state index is 13.2. The molecule has 96 valence electrons. The van der Waals surface area contributed by atoms with Crippen molar-refractivity contribution in [1.29, 1.82) is 0 Å². The molecule has 1 aliphatic heterocycles. The Balaban J connectivity index is 0.00000144. The normalized spacial score (nSPS) is 17.8. The quantitative estimate of drug-likeness (QED) is 0.753. The zero-order valence-electron chi connectivity index (χ0n) is 9.33. The minimum Gasteiger partial charge on any atom is -0.302 e. The Labute approximate surface area is 117 Å². The van der Waals surface area contributed by atoms with Crippen molar-refractivity contribution in [2.45, 2.75) is 18.2 Å². The van der Waals surface area contributed by atoms with Crippen LogP contribution in [0.1, 0.15) is 23.8 Å². The second kappa shape index (κ2) is 6.79. The predicted molar refractivity (Wildman–Crippen MR) is 72.9 cm³/mol. The average molecular weight is 299 g/mol. The van der Waals surface area contributed by atoms with Crippen molar-refractivity contribution in [1.82, 2.24) is 4.90 Å². The van der Waals surface area contributed by atoms with Gasteiger partial charge in [0.25, 0.3) is 0 Å². The molecule has 17 heavy (non-hydrogen) atoms. The van der Waals surface area contributed by atoms with Crippen molar-refractivity contribution in [3.05, 3.63) is 34.6 Å². The Morgan fingerprint density at radius 2 is 1.94 bits per heavy atom. The molecule has 1 atom stereocenters. The molecule has 0 bridgehead atoms. The third kappa shape index (κ3) is 3.99. The van der Waals surface area contributed by atoms with Gasteiger partial charge in [-0.1, -0.05) is 17.7 Å². The number of hydrogen-bond donors (Lipinski definition) is 0. The van der Waals surface area contributed by atoms with Crippen molar-refractivity contribution in [2.24, 2.45) is 0 Å². The van der Waals surface area contributed by atoms with E-state index in [-0.39, 0.29) is 22.8 Å². The second-order valence-corrected chi connectivity index (χ2v) is 5.08. The van der Waals surface area contributed by atoms with Crippen LogP contribution in [0.3, 0.4) is 0 Å². The summed E-state index contributed by atoms with van der Waals surface area (Å²) in [5.74, 6) is -0.397. The van der Waals surface area contributed by atoms with E-state index in [1.165, 1.54) is 18.9 Å². The van der Waals surface area contributed by atoms with Crippen LogP contribution in [0.2, 0.25) is 5.02 Å². The van der Waals surface area contributed by atoms with Crippen LogP contribution in [-0.2, 0) is 0 Å². The van der Waals surface area contributed by atoms with Crippen LogP contribution < -0.4 is 0 Å². The number of rotatable bonds is 3.